The summed E-state index contributed by atoms with van der Waals surface area (Å²) >= 11 is 0. The summed E-state index contributed by atoms with van der Waals surface area (Å²) in [7, 11) is -3.93. The minimum absolute atomic E-state index is 0.0652. The Morgan fingerprint density at radius 1 is 1.05 bits per heavy atom. The zero-order valence-electron chi connectivity index (χ0n) is 12.4. The van der Waals surface area contributed by atoms with E-state index in [0.29, 0.717) is 5.69 Å². The van der Waals surface area contributed by atoms with E-state index in [2.05, 4.69) is 0 Å². The van der Waals surface area contributed by atoms with E-state index in [9.17, 15) is 13.2 Å². The smallest absolute Gasteiger partial charge is 0.324 e. The third-order valence-electron chi connectivity index (χ3n) is 3.10. The average molecular weight is 319 g/mol. The molecule has 0 aliphatic heterocycles. The normalized spacial score (nSPS) is 11.2. The van der Waals surface area contributed by atoms with Crippen LogP contribution < -0.4 is 4.31 Å². The molecule has 22 heavy (non-hydrogen) atoms. The Labute approximate surface area is 129 Å². The number of hydrogen-bond acceptors (Lipinski definition) is 3. The van der Waals surface area contributed by atoms with Crippen molar-refractivity contribution in [1.82, 2.24) is 0 Å². The van der Waals surface area contributed by atoms with E-state index in [0.717, 1.165) is 15.4 Å². The van der Waals surface area contributed by atoms with Crippen LogP contribution in [-0.4, -0.2) is 26.0 Å². The molecule has 0 aliphatic carbocycles. The van der Waals surface area contributed by atoms with Crippen molar-refractivity contribution < 1.29 is 18.3 Å². The molecule has 0 aliphatic rings. The first-order valence-electron chi connectivity index (χ1n) is 6.68. The van der Waals surface area contributed by atoms with Gasteiger partial charge in [0.1, 0.15) is 6.54 Å². The highest BCUT2D eigenvalue weighted by molar-refractivity contribution is 7.92. The van der Waals surface area contributed by atoms with Crippen molar-refractivity contribution in [1.29, 1.82) is 0 Å². The molecule has 0 unspecified atom stereocenters. The number of rotatable bonds is 5. The van der Waals surface area contributed by atoms with Crippen molar-refractivity contribution >= 4 is 21.7 Å². The molecule has 1 N–H and O–H groups in total. The molecule has 6 heteroatoms. The molecule has 0 saturated heterocycles. The van der Waals surface area contributed by atoms with Gasteiger partial charge in [0.2, 0.25) is 0 Å². The van der Waals surface area contributed by atoms with Crippen molar-refractivity contribution in [2.24, 2.45) is 0 Å². The lowest BCUT2D eigenvalue weighted by Crippen LogP contribution is -2.35. The van der Waals surface area contributed by atoms with Crippen LogP contribution in [0, 0.1) is 13.8 Å². The number of aliphatic carboxylic acids is 1. The van der Waals surface area contributed by atoms with Gasteiger partial charge in [0.15, 0.2) is 0 Å². The SMILES string of the molecule is Cc1cc(C)cc(N(CC(=O)O)S(=O)(=O)c2ccccc2)c1. The molecule has 5 nitrogen and oxygen atoms in total. The van der Waals surface area contributed by atoms with Crippen LogP contribution in [0.5, 0.6) is 0 Å². The van der Waals surface area contributed by atoms with Gasteiger partial charge >= 0.3 is 5.97 Å². The van der Waals surface area contributed by atoms with E-state index >= 15 is 0 Å². The van der Waals surface area contributed by atoms with Crippen molar-refractivity contribution in [3.05, 3.63) is 59.7 Å². The van der Waals surface area contributed by atoms with E-state index in [4.69, 9.17) is 5.11 Å². The van der Waals surface area contributed by atoms with E-state index in [1.165, 1.54) is 12.1 Å². The average Bonchev–Trinajstić information content (AvgIpc) is 2.44. The maximum atomic E-state index is 12.8. The van der Waals surface area contributed by atoms with Crippen LogP contribution in [0.25, 0.3) is 0 Å². The summed E-state index contributed by atoms with van der Waals surface area (Å²) in [6, 6.07) is 13.0. The van der Waals surface area contributed by atoms with E-state index < -0.39 is 22.5 Å². The highest BCUT2D eigenvalue weighted by Crippen LogP contribution is 2.25. The molecule has 0 fully saturated rings. The van der Waals surface area contributed by atoms with Gasteiger partial charge in [0.25, 0.3) is 10.0 Å². The molecule has 0 saturated carbocycles. The van der Waals surface area contributed by atoms with Crippen LogP contribution >= 0.6 is 0 Å². The fourth-order valence-electron chi connectivity index (χ4n) is 2.25. The Bertz CT molecular complexity index is 765. The van der Waals surface area contributed by atoms with Crippen LogP contribution in [0.1, 0.15) is 11.1 Å². The summed E-state index contributed by atoms with van der Waals surface area (Å²) in [4.78, 5) is 11.2. The quantitative estimate of drug-likeness (QED) is 0.919. The van der Waals surface area contributed by atoms with Crippen molar-refractivity contribution in [2.45, 2.75) is 18.7 Å². The number of carboxylic acids is 1. The fraction of sp³-hybridized carbons (Fsp3) is 0.188. The van der Waals surface area contributed by atoms with Gasteiger partial charge in [-0.1, -0.05) is 24.3 Å². The lowest BCUT2D eigenvalue weighted by Gasteiger charge is -2.23. The fourth-order valence-corrected chi connectivity index (χ4v) is 3.67. The maximum absolute atomic E-state index is 12.8. The predicted molar refractivity (Wildman–Crippen MR) is 84.5 cm³/mol. The zero-order chi connectivity index (χ0) is 16.3. The van der Waals surface area contributed by atoms with E-state index in [1.807, 2.05) is 19.9 Å². The van der Waals surface area contributed by atoms with E-state index in [1.54, 1.807) is 30.3 Å². The Morgan fingerprint density at radius 2 is 1.59 bits per heavy atom. The lowest BCUT2D eigenvalue weighted by molar-refractivity contribution is -0.135. The molecule has 0 radical (unpaired) electrons. The van der Waals surface area contributed by atoms with Crippen molar-refractivity contribution in [2.75, 3.05) is 10.8 Å². The summed E-state index contributed by atoms with van der Waals surface area (Å²) in [6.07, 6.45) is 0. The molecule has 0 bridgehead atoms. The second-order valence-electron chi connectivity index (χ2n) is 5.06. The van der Waals surface area contributed by atoms with Gasteiger partial charge in [0, 0.05) is 0 Å². The molecular weight excluding hydrogens is 302 g/mol. The van der Waals surface area contributed by atoms with Gasteiger partial charge in [-0.25, -0.2) is 8.42 Å². The Hall–Kier alpha value is -2.34. The van der Waals surface area contributed by atoms with Crippen LogP contribution in [0.15, 0.2) is 53.4 Å². The molecule has 2 rings (SSSR count). The molecule has 2 aromatic rings. The van der Waals surface area contributed by atoms with Crippen molar-refractivity contribution in [3.8, 4) is 0 Å². The third kappa shape index (κ3) is 3.46. The number of benzene rings is 2. The molecule has 0 heterocycles. The Morgan fingerprint density at radius 3 is 2.09 bits per heavy atom. The number of sulfonamides is 1. The molecule has 116 valence electrons. The minimum atomic E-state index is -3.93. The number of anilines is 1. The largest absolute Gasteiger partial charge is 0.480 e. The minimum Gasteiger partial charge on any atom is -0.480 e. The first-order valence-corrected chi connectivity index (χ1v) is 8.12. The standard InChI is InChI=1S/C16H17NO4S/c1-12-8-13(2)10-14(9-12)17(11-16(18)19)22(20,21)15-6-4-3-5-7-15/h3-10H,11H2,1-2H3,(H,18,19). The van der Waals surface area contributed by atoms with Gasteiger partial charge in [-0.15, -0.1) is 0 Å². The highest BCUT2D eigenvalue weighted by atomic mass is 32.2. The van der Waals surface area contributed by atoms with Gasteiger partial charge in [-0.2, -0.15) is 0 Å². The number of nitrogens with zero attached hydrogens (tertiary/aromatic N) is 1. The first-order chi connectivity index (χ1) is 10.3. The Kier molecular flexibility index (Phi) is 4.51. The zero-order valence-corrected chi connectivity index (χ0v) is 13.2. The molecule has 0 aromatic heterocycles. The van der Waals surface area contributed by atoms with Gasteiger partial charge < -0.3 is 5.11 Å². The second kappa shape index (κ2) is 6.19. The molecule has 0 amide bonds. The van der Waals surface area contributed by atoms with Crippen molar-refractivity contribution in [3.63, 3.8) is 0 Å². The summed E-state index contributed by atoms with van der Waals surface area (Å²) in [5, 5.41) is 9.09. The number of aryl methyl sites for hydroxylation is 2. The van der Waals surface area contributed by atoms with Crippen LogP contribution in [0.3, 0.4) is 0 Å². The number of carboxylic acid groups (broad SMARTS) is 1. The molecule has 2 aromatic carbocycles. The van der Waals surface area contributed by atoms with Crippen LogP contribution in [0.2, 0.25) is 0 Å². The maximum Gasteiger partial charge on any atom is 0.324 e. The molecular formula is C16H17NO4S. The second-order valence-corrected chi connectivity index (χ2v) is 6.93. The summed E-state index contributed by atoms with van der Waals surface area (Å²) in [5.74, 6) is -1.21. The van der Waals surface area contributed by atoms with Crippen LogP contribution in [-0.2, 0) is 14.8 Å². The molecule has 0 atom stereocenters. The Balaban J connectivity index is 2.58. The lowest BCUT2D eigenvalue weighted by atomic mass is 10.1. The number of hydrogen-bond donors (Lipinski definition) is 1. The van der Waals surface area contributed by atoms with Gasteiger partial charge in [-0.3, -0.25) is 9.10 Å². The summed E-state index contributed by atoms with van der Waals surface area (Å²) in [5.41, 5.74) is 2.09. The monoisotopic (exact) mass is 319 g/mol. The third-order valence-corrected chi connectivity index (χ3v) is 4.89. The highest BCUT2D eigenvalue weighted by Gasteiger charge is 2.27. The summed E-state index contributed by atoms with van der Waals surface area (Å²) < 4.78 is 26.4. The van der Waals surface area contributed by atoms with Gasteiger partial charge in [-0.05, 0) is 49.2 Å². The molecule has 0 spiro atoms. The first kappa shape index (κ1) is 16.0. The summed E-state index contributed by atoms with van der Waals surface area (Å²) in [6.45, 7) is 3.05. The topological polar surface area (TPSA) is 74.7 Å². The van der Waals surface area contributed by atoms with E-state index in [-0.39, 0.29) is 4.90 Å². The van der Waals surface area contributed by atoms with Gasteiger partial charge in [0.05, 0.1) is 10.6 Å². The predicted octanol–water partition coefficient (Wildman–Crippen LogP) is 2.58. The number of carbonyl (C=O) groups is 1. The van der Waals surface area contributed by atoms with Crippen LogP contribution in [0.4, 0.5) is 5.69 Å².